The summed E-state index contributed by atoms with van der Waals surface area (Å²) in [5.74, 6) is 0.614. The van der Waals surface area contributed by atoms with Crippen molar-refractivity contribution in [1.29, 1.82) is 0 Å². The summed E-state index contributed by atoms with van der Waals surface area (Å²) in [6.07, 6.45) is 1.11. The molecule has 1 N–H and O–H groups in total. The number of rotatable bonds is 13. The third kappa shape index (κ3) is 8.15. The van der Waals surface area contributed by atoms with E-state index < -0.39 is 0 Å². The number of hydrogen-bond donors (Lipinski definition) is 1. The number of nitrogens with zero attached hydrogens (tertiary/aromatic N) is 3. The van der Waals surface area contributed by atoms with Gasteiger partial charge < -0.3 is 19.5 Å². The van der Waals surface area contributed by atoms with Crippen LogP contribution in [0.1, 0.15) is 23.6 Å². The SMILES string of the molecule is CN(C(=O)Cc1ccc(Cl)c(Cl)c1)[C@H](CN1CC[C@H](OCCN=O)C1)c1ccc(OCCO)cc1. The van der Waals surface area contributed by atoms with Crippen molar-refractivity contribution in [1.82, 2.24) is 9.80 Å². The average molecular weight is 524 g/mol. The summed E-state index contributed by atoms with van der Waals surface area (Å²) in [6.45, 7) is 2.83. The van der Waals surface area contributed by atoms with E-state index in [4.69, 9.17) is 37.8 Å². The van der Waals surface area contributed by atoms with E-state index in [1.807, 2.05) is 24.3 Å². The molecule has 1 aliphatic rings. The summed E-state index contributed by atoms with van der Waals surface area (Å²) in [6, 6.07) is 12.6. The zero-order valence-corrected chi connectivity index (χ0v) is 21.2. The lowest BCUT2D eigenvalue weighted by atomic mass is 10.0. The molecule has 0 bridgehead atoms. The van der Waals surface area contributed by atoms with E-state index in [1.54, 1.807) is 30.1 Å². The first-order valence-electron chi connectivity index (χ1n) is 11.6. The maximum atomic E-state index is 13.3. The summed E-state index contributed by atoms with van der Waals surface area (Å²) in [4.78, 5) is 27.6. The number of carbonyl (C=O) groups is 1. The van der Waals surface area contributed by atoms with Crippen LogP contribution in [0.3, 0.4) is 0 Å². The number of halogens is 2. The minimum atomic E-state index is -0.201. The number of hydrogen-bond acceptors (Lipinski definition) is 7. The molecule has 1 fully saturated rings. The molecule has 0 unspecified atom stereocenters. The number of carbonyl (C=O) groups excluding carboxylic acids is 1. The first-order valence-corrected chi connectivity index (χ1v) is 12.3. The normalized spacial score (nSPS) is 16.7. The van der Waals surface area contributed by atoms with Crippen LogP contribution in [0, 0.1) is 4.91 Å². The van der Waals surface area contributed by atoms with Gasteiger partial charge in [-0.3, -0.25) is 9.69 Å². The molecule has 1 saturated heterocycles. The van der Waals surface area contributed by atoms with Crippen LogP contribution in [-0.2, 0) is 16.0 Å². The van der Waals surface area contributed by atoms with Gasteiger partial charge >= 0.3 is 0 Å². The van der Waals surface area contributed by atoms with Crippen molar-refractivity contribution in [2.45, 2.75) is 25.0 Å². The fourth-order valence-corrected chi connectivity index (χ4v) is 4.44. The second-order valence-electron chi connectivity index (χ2n) is 8.48. The Labute approximate surface area is 215 Å². The van der Waals surface area contributed by atoms with Gasteiger partial charge in [0.1, 0.15) is 18.9 Å². The molecule has 190 valence electrons. The fraction of sp³-hybridized carbons (Fsp3) is 0.480. The van der Waals surface area contributed by atoms with Crippen molar-refractivity contribution < 1.29 is 19.4 Å². The Morgan fingerprint density at radius 3 is 2.66 bits per heavy atom. The van der Waals surface area contributed by atoms with Gasteiger partial charge in [-0.15, -0.1) is 0 Å². The van der Waals surface area contributed by atoms with Crippen LogP contribution in [0.15, 0.2) is 47.6 Å². The Bertz CT molecular complexity index is 976. The van der Waals surface area contributed by atoms with Crippen LogP contribution < -0.4 is 4.74 Å². The number of aliphatic hydroxyl groups is 1. The van der Waals surface area contributed by atoms with Gasteiger partial charge in [-0.2, -0.15) is 4.91 Å². The van der Waals surface area contributed by atoms with E-state index in [0.717, 1.165) is 30.6 Å². The Morgan fingerprint density at radius 1 is 1.20 bits per heavy atom. The molecule has 0 aromatic heterocycles. The summed E-state index contributed by atoms with van der Waals surface area (Å²) in [7, 11) is 1.81. The molecule has 1 heterocycles. The number of likely N-dealkylation sites (tertiary alicyclic amines) is 1. The minimum Gasteiger partial charge on any atom is -0.491 e. The molecule has 10 heteroatoms. The Kier molecular flexibility index (Phi) is 10.7. The first-order chi connectivity index (χ1) is 16.9. The number of aliphatic hydroxyl groups excluding tert-OH is 1. The maximum Gasteiger partial charge on any atom is 0.227 e. The van der Waals surface area contributed by atoms with E-state index in [1.165, 1.54) is 0 Å². The Balaban J connectivity index is 1.73. The largest absolute Gasteiger partial charge is 0.491 e. The molecular weight excluding hydrogens is 493 g/mol. The van der Waals surface area contributed by atoms with Crippen LogP contribution >= 0.6 is 23.2 Å². The van der Waals surface area contributed by atoms with E-state index in [0.29, 0.717) is 28.9 Å². The third-order valence-corrected chi connectivity index (χ3v) is 6.76. The van der Waals surface area contributed by atoms with Gasteiger partial charge in [0.25, 0.3) is 0 Å². The predicted molar refractivity (Wildman–Crippen MR) is 136 cm³/mol. The van der Waals surface area contributed by atoms with Gasteiger partial charge in [-0.05, 0) is 41.8 Å². The van der Waals surface area contributed by atoms with Crippen LogP contribution in [0.4, 0.5) is 0 Å². The monoisotopic (exact) mass is 523 g/mol. The van der Waals surface area contributed by atoms with Crippen molar-refractivity contribution in [2.75, 3.05) is 53.0 Å². The summed E-state index contributed by atoms with van der Waals surface area (Å²) in [5, 5.41) is 12.7. The smallest absolute Gasteiger partial charge is 0.227 e. The number of nitroso groups, excluding NO2 is 1. The number of ether oxygens (including phenoxy) is 2. The van der Waals surface area contributed by atoms with Crippen LogP contribution in [0.25, 0.3) is 0 Å². The van der Waals surface area contributed by atoms with Crippen LogP contribution in [-0.4, -0.2) is 80.0 Å². The number of amides is 1. The molecule has 1 amide bonds. The molecule has 8 nitrogen and oxygen atoms in total. The molecule has 35 heavy (non-hydrogen) atoms. The Hall–Kier alpha value is -2.23. The van der Waals surface area contributed by atoms with Gasteiger partial charge in [0.2, 0.25) is 5.91 Å². The molecule has 0 spiro atoms. The van der Waals surface area contributed by atoms with Crippen molar-refractivity contribution in [3.63, 3.8) is 0 Å². The van der Waals surface area contributed by atoms with Crippen LogP contribution in [0.2, 0.25) is 10.0 Å². The van der Waals surface area contributed by atoms with Crippen molar-refractivity contribution in [3.05, 3.63) is 68.5 Å². The van der Waals surface area contributed by atoms with E-state index in [-0.39, 0.29) is 44.2 Å². The molecule has 0 saturated carbocycles. The predicted octanol–water partition coefficient (Wildman–Crippen LogP) is 3.96. The lowest BCUT2D eigenvalue weighted by Gasteiger charge is -2.32. The van der Waals surface area contributed by atoms with Gasteiger partial charge in [0.15, 0.2) is 0 Å². The summed E-state index contributed by atoms with van der Waals surface area (Å²) in [5.41, 5.74) is 1.77. The quantitative estimate of drug-likeness (QED) is 0.315. The zero-order valence-electron chi connectivity index (χ0n) is 19.7. The zero-order chi connectivity index (χ0) is 25.2. The molecule has 0 aliphatic carbocycles. The second-order valence-corrected chi connectivity index (χ2v) is 9.29. The second kappa shape index (κ2) is 13.8. The van der Waals surface area contributed by atoms with Gasteiger partial charge in [-0.25, -0.2) is 0 Å². The van der Waals surface area contributed by atoms with Gasteiger partial charge in [0, 0.05) is 26.7 Å². The standard InChI is InChI=1S/C25H31Cl2N3O5/c1-29(25(32)15-18-2-7-22(26)23(27)14-18)24(19-3-5-20(6-4-19)35-13-11-31)17-30-10-8-21(16-30)34-12-9-28-33/h2-7,14,21,24,31H,8-13,15-17H2,1H3/t21-,24+/m0/s1. The maximum absolute atomic E-state index is 13.3. The molecule has 2 aromatic rings. The molecule has 0 radical (unpaired) electrons. The molecule has 2 aromatic carbocycles. The number of likely N-dealkylation sites (N-methyl/N-ethyl adjacent to an activating group) is 1. The van der Waals surface area contributed by atoms with E-state index in [2.05, 4.69) is 10.1 Å². The highest BCUT2D eigenvalue weighted by atomic mass is 35.5. The molecular formula is C25H31Cl2N3O5. The summed E-state index contributed by atoms with van der Waals surface area (Å²) >= 11 is 12.1. The highest BCUT2D eigenvalue weighted by Gasteiger charge is 2.29. The van der Waals surface area contributed by atoms with E-state index >= 15 is 0 Å². The van der Waals surface area contributed by atoms with Crippen LogP contribution in [0.5, 0.6) is 5.75 Å². The van der Waals surface area contributed by atoms with Gasteiger partial charge in [-0.1, -0.05) is 46.6 Å². The van der Waals surface area contributed by atoms with Crippen molar-refractivity contribution in [2.24, 2.45) is 5.18 Å². The average Bonchev–Trinajstić information content (AvgIpc) is 3.31. The Morgan fingerprint density at radius 2 is 1.97 bits per heavy atom. The molecule has 1 aliphatic heterocycles. The van der Waals surface area contributed by atoms with Crippen molar-refractivity contribution >= 4 is 29.1 Å². The van der Waals surface area contributed by atoms with E-state index in [9.17, 15) is 9.70 Å². The van der Waals surface area contributed by atoms with Crippen molar-refractivity contribution in [3.8, 4) is 5.75 Å². The first kappa shape index (κ1) is 27.4. The number of benzene rings is 2. The summed E-state index contributed by atoms with van der Waals surface area (Å²) < 4.78 is 11.2. The third-order valence-electron chi connectivity index (χ3n) is 6.02. The van der Waals surface area contributed by atoms with Gasteiger partial charge in [0.05, 0.1) is 41.8 Å². The molecule has 3 rings (SSSR count). The minimum absolute atomic E-state index is 0.0435. The molecule has 2 atom stereocenters. The topological polar surface area (TPSA) is 91.7 Å². The highest BCUT2D eigenvalue weighted by Crippen LogP contribution is 2.27. The lowest BCUT2D eigenvalue weighted by Crippen LogP contribution is -2.39. The lowest BCUT2D eigenvalue weighted by molar-refractivity contribution is -0.131. The fourth-order valence-electron chi connectivity index (χ4n) is 4.12. The highest BCUT2D eigenvalue weighted by molar-refractivity contribution is 6.42.